The Morgan fingerprint density at radius 1 is 1.03 bits per heavy atom. The predicted molar refractivity (Wildman–Crippen MR) is 126 cm³/mol. The number of amides is 1. The zero-order valence-electron chi connectivity index (χ0n) is 17.6. The Balaban J connectivity index is 0.00000210. The van der Waals surface area contributed by atoms with E-state index in [9.17, 15) is 4.79 Å². The van der Waals surface area contributed by atoms with Crippen molar-refractivity contribution in [3.8, 4) is 0 Å². The molecule has 1 heterocycles. The van der Waals surface area contributed by atoms with Crippen molar-refractivity contribution >= 4 is 30.7 Å². The molecule has 2 aliphatic rings. The van der Waals surface area contributed by atoms with Gasteiger partial charge in [0.05, 0.1) is 0 Å². The van der Waals surface area contributed by atoms with Crippen molar-refractivity contribution < 1.29 is 4.79 Å². The number of unbranched alkanes of at least 4 members (excludes halogenated alkanes) is 1. The normalized spacial score (nSPS) is 22.9. The molecule has 4 nitrogen and oxygen atoms in total. The highest BCUT2D eigenvalue weighted by Crippen LogP contribution is 2.23. The number of nitrogens with zero attached hydrogens (tertiary/aromatic N) is 1. The van der Waals surface area contributed by atoms with Gasteiger partial charge in [-0.05, 0) is 82.5 Å². The zero-order chi connectivity index (χ0) is 18.9. The Hall–Kier alpha value is -0.810. The van der Waals surface area contributed by atoms with Crippen LogP contribution in [-0.2, 0) is 11.2 Å². The van der Waals surface area contributed by atoms with Crippen molar-refractivity contribution in [3.05, 3.63) is 35.9 Å². The molecule has 2 unspecified atom stereocenters. The topological polar surface area (TPSA) is 58.4 Å². The van der Waals surface area contributed by atoms with Crippen LogP contribution in [0.15, 0.2) is 30.3 Å². The van der Waals surface area contributed by atoms with E-state index in [1.807, 2.05) is 0 Å². The molecular formula is C23H39Cl2N3O. The third kappa shape index (κ3) is 9.25. The number of nitrogens with two attached hydrogens (primary N) is 1. The lowest BCUT2D eigenvalue weighted by atomic mass is 9.85. The number of carbonyl (C=O) groups excluding carboxylic acids is 1. The summed E-state index contributed by atoms with van der Waals surface area (Å²) >= 11 is 0. The summed E-state index contributed by atoms with van der Waals surface area (Å²) in [5.41, 5.74) is 7.47. The average Bonchev–Trinajstić information content (AvgIpc) is 2.69. The first-order chi connectivity index (χ1) is 13.2. The number of benzene rings is 1. The molecule has 0 bridgehead atoms. The van der Waals surface area contributed by atoms with Crippen LogP contribution in [0, 0.1) is 11.8 Å². The van der Waals surface area contributed by atoms with Gasteiger partial charge in [0, 0.05) is 18.5 Å². The lowest BCUT2D eigenvalue weighted by Gasteiger charge is -2.32. The fourth-order valence-electron chi connectivity index (χ4n) is 4.64. The van der Waals surface area contributed by atoms with E-state index in [2.05, 4.69) is 40.5 Å². The highest BCUT2D eigenvalue weighted by molar-refractivity contribution is 5.85. The van der Waals surface area contributed by atoms with Gasteiger partial charge in [0.1, 0.15) is 0 Å². The molecule has 1 aliphatic carbocycles. The van der Waals surface area contributed by atoms with Crippen LogP contribution in [0.2, 0.25) is 0 Å². The van der Waals surface area contributed by atoms with E-state index in [1.165, 1.54) is 50.9 Å². The van der Waals surface area contributed by atoms with Gasteiger partial charge in [0.2, 0.25) is 5.91 Å². The van der Waals surface area contributed by atoms with Crippen molar-refractivity contribution in [1.82, 2.24) is 10.2 Å². The largest absolute Gasteiger partial charge is 0.356 e. The van der Waals surface area contributed by atoms with E-state index in [0.29, 0.717) is 0 Å². The predicted octanol–water partition coefficient (Wildman–Crippen LogP) is 4.20. The summed E-state index contributed by atoms with van der Waals surface area (Å²) in [4.78, 5) is 14.8. The van der Waals surface area contributed by atoms with E-state index in [0.717, 1.165) is 44.6 Å². The van der Waals surface area contributed by atoms with E-state index >= 15 is 0 Å². The number of piperidine rings is 1. The summed E-state index contributed by atoms with van der Waals surface area (Å²) in [6.07, 6.45) is 10.2. The van der Waals surface area contributed by atoms with Crippen LogP contribution in [0.3, 0.4) is 0 Å². The first-order valence-corrected chi connectivity index (χ1v) is 11.0. The van der Waals surface area contributed by atoms with E-state index in [-0.39, 0.29) is 42.7 Å². The maximum absolute atomic E-state index is 12.2. The Bertz CT molecular complexity index is 565. The summed E-state index contributed by atoms with van der Waals surface area (Å²) in [7, 11) is 0. The summed E-state index contributed by atoms with van der Waals surface area (Å²) in [6.45, 7) is 4.44. The Morgan fingerprint density at radius 2 is 1.76 bits per heavy atom. The Morgan fingerprint density at radius 3 is 2.45 bits per heavy atom. The van der Waals surface area contributed by atoms with E-state index < -0.39 is 0 Å². The summed E-state index contributed by atoms with van der Waals surface area (Å²) in [5.74, 6) is 1.22. The molecule has 3 rings (SSSR count). The maximum atomic E-state index is 12.2. The zero-order valence-corrected chi connectivity index (χ0v) is 19.2. The summed E-state index contributed by atoms with van der Waals surface area (Å²) in [5, 5.41) is 3.13. The van der Waals surface area contributed by atoms with Gasteiger partial charge in [-0.3, -0.25) is 4.79 Å². The monoisotopic (exact) mass is 443 g/mol. The number of likely N-dealkylation sites (tertiary alicyclic amines) is 1. The second-order valence-corrected chi connectivity index (χ2v) is 8.60. The first kappa shape index (κ1) is 26.2. The number of halogens is 2. The fraction of sp³-hybridized carbons (Fsp3) is 0.696. The average molecular weight is 444 g/mol. The van der Waals surface area contributed by atoms with Crippen molar-refractivity contribution in [2.45, 2.75) is 63.8 Å². The van der Waals surface area contributed by atoms with Crippen LogP contribution < -0.4 is 11.1 Å². The quantitative estimate of drug-likeness (QED) is 0.591. The minimum atomic E-state index is 0. The molecule has 3 N–H and O–H groups in total. The van der Waals surface area contributed by atoms with Gasteiger partial charge in [0.25, 0.3) is 0 Å². The standard InChI is InChI=1S/C23H37N3O.2ClH/c24-22-10-6-9-21(18-22)23(27)25-13-4-5-14-26-15-11-20(12-16-26)17-19-7-2-1-3-8-19;;/h1-3,7-8,20-22H,4-6,9-18,24H2,(H,25,27);2*1H. The summed E-state index contributed by atoms with van der Waals surface area (Å²) < 4.78 is 0. The molecule has 1 aromatic rings. The molecule has 0 aromatic heterocycles. The van der Waals surface area contributed by atoms with E-state index in [1.54, 1.807) is 0 Å². The lowest BCUT2D eigenvalue weighted by Crippen LogP contribution is -2.38. The van der Waals surface area contributed by atoms with Crippen LogP contribution in [-0.4, -0.2) is 43.0 Å². The molecule has 6 heteroatoms. The van der Waals surface area contributed by atoms with Gasteiger partial charge in [-0.2, -0.15) is 0 Å². The maximum Gasteiger partial charge on any atom is 0.223 e. The highest BCUT2D eigenvalue weighted by Gasteiger charge is 2.25. The molecule has 29 heavy (non-hydrogen) atoms. The fourth-order valence-corrected chi connectivity index (χ4v) is 4.64. The molecule has 2 fully saturated rings. The van der Waals surface area contributed by atoms with Crippen molar-refractivity contribution in [1.29, 1.82) is 0 Å². The van der Waals surface area contributed by atoms with Crippen LogP contribution in [0.1, 0.15) is 56.9 Å². The SMILES string of the molecule is Cl.Cl.NC1CCCC(C(=O)NCCCCN2CCC(Cc3ccccc3)CC2)C1. The number of hydrogen-bond acceptors (Lipinski definition) is 3. The van der Waals surface area contributed by atoms with Crippen molar-refractivity contribution in [3.63, 3.8) is 0 Å². The summed E-state index contributed by atoms with van der Waals surface area (Å²) in [6, 6.07) is 11.1. The van der Waals surface area contributed by atoms with Crippen LogP contribution in [0.4, 0.5) is 0 Å². The second-order valence-electron chi connectivity index (χ2n) is 8.60. The number of nitrogens with one attached hydrogen (secondary N) is 1. The van der Waals surface area contributed by atoms with Gasteiger partial charge >= 0.3 is 0 Å². The van der Waals surface area contributed by atoms with Gasteiger partial charge in [-0.25, -0.2) is 0 Å². The van der Waals surface area contributed by atoms with Gasteiger partial charge < -0.3 is 16.0 Å². The minimum Gasteiger partial charge on any atom is -0.356 e. The van der Waals surface area contributed by atoms with Crippen LogP contribution in [0.5, 0.6) is 0 Å². The van der Waals surface area contributed by atoms with Gasteiger partial charge in [-0.1, -0.05) is 36.8 Å². The molecule has 1 aromatic carbocycles. The van der Waals surface area contributed by atoms with Gasteiger partial charge in [0.15, 0.2) is 0 Å². The van der Waals surface area contributed by atoms with Gasteiger partial charge in [-0.15, -0.1) is 24.8 Å². The Labute approximate surface area is 189 Å². The highest BCUT2D eigenvalue weighted by atomic mass is 35.5. The molecule has 0 spiro atoms. The van der Waals surface area contributed by atoms with E-state index in [4.69, 9.17) is 5.73 Å². The third-order valence-electron chi connectivity index (χ3n) is 6.36. The third-order valence-corrected chi connectivity index (χ3v) is 6.36. The molecule has 0 radical (unpaired) electrons. The van der Waals surface area contributed by atoms with Crippen LogP contribution >= 0.6 is 24.8 Å². The molecule has 1 saturated heterocycles. The molecule has 166 valence electrons. The first-order valence-electron chi connectivity index (χ1n) is 11.0. The molecule has 1 amide bonds. The number of hydrogen-bond donors (Lipinski definition) is 2. The molecule has 1 saturated carbocycles. The number of rotatable bonds is 8. The molecular weight excluding hydrogens is 405 g/mol. The minimum absolute atomic E-state index is 0. The molecule has 1 aliphatic heterocycles. The van der Waals surface area contributed by atoms with Crippen molar-refractivity contribution in [2.75, 3.05) is 26.2 Å². The van der Waals surface area contributed by atoms with Crippen molar-refractivity contribution in [2.24, 2.45) is 17.6 Å². The second kappa shape index (κ2) is 14.2. The molecule has 2 atom stereocenters. The lowest BCUT2D eigenvalue weighted by molar-refractivity contribution is -0.126. The Kier molecular flexibility index (Phi) is 12.9. The van der Waals surface area contributed by atoms with Crippen LogP contribution in [0.25, 0.3) is 0 Å². The smallest absolute Gasteiger partial charge is 0.223 e. The number of carbonyl (C=O) groups is 1.